The van der Waals surface area contributed by atoms with Crippen LogP contribution in [0.15, 0.2) is 0 Å². The van der Waals surface area contributed by atoms with Crippen molar-refractivity contribution in [3.63, 3.8) is 0 Å². The highest BCUT2D eigenvalue weighted by atomic mass is 16.3. The topological polar surface area (TPSA) is 52.5 Å². The van der Waals surface area contributed by atoms with Crippen LogP contribution in [0.1, 0.15) is 32.1 Å². The molecular weight excluding hydrogens is 154 g/mol. The molecule has 72 valence electrons. The molecule has 0 bridgehead atoms. The van der Waals surface area contributed by atoms with E-state index in [9.17, 15) is 5.11 Å². The van der Waals surface area contributed by atoms with Gasteiger partial charge in [0.2, 0.25) is 0 Å². The predicted molar refractivity (Wildman–Crippen MR) is 48.0 cm³/mol. The summed E-state index contributed by atoms with van der Waals surface area (Å²) in [4.78, 5) is 0. The van der Waals surface area contributed by atoms with Gasteiger partial charge < -0.3 is 15.5 Å². The van der Waals surface area contributed by atoms with Crippen LogP contribution in [0.4, 0.5) is 0 Å². The first-order valence-electron chi connectivity index (χ1n) is 4.87. The van der Waals surface area contributed by atoms with Crippen molar-refractivity contribution in [1.29, 1.82) is 0 Å². The van der Waals surface area contributed by atoms with Gasteiger partial charge in [-0.1, -0.05) is 12.8 Å². The first-order chi connectivity index (χ1) is 5.84. The Kier molecular flexibility index (Phi) is 4.58. The molecule has 0 aromatic heterocycles. The van der Waals surface area contributed by atoms with Crippen molar-refractivity contribution in [2.24, 2.45) is 0 Å². The molecular formula is C9H19NO2. The number of nitrogens with one attached hydrogen (secondary N) is 1. The minimum atomic E-state index is -0.169. The molecule has 1 saturated carbocycles. The molecule has 1 aliphatic rings. The molecule has 1 aliphatic carbocycles. The van der Waals surface area contributed by atoms with Crippen molar-refractivity contribution in [1.82, 2.24) is 5.32 Å². The molecule has 3 N–H and O–H groups in total. The van der Waals surface area contributed by atoms with E-state index in [4.69, 9.17) is 5.11 Å². The fourth-order valence-electron chi connectivity index (χ4n) is 1.72. The number of hydrogen-bond acceptors (Lipinski definition) is 3. The van der Waals surface area contributed by atoms with Gasteiger partial charge in [0.1, 0.15) is 0 Å². The van der Waals surface area contributed by atoms with Crippen LogP contribution in [0.2, 0.25) is 0 Å². The summed E-state index contributed by atoms with van der Waals surface area (Å²) in [6.45, 7) is 1.05. The van der Waals surface area contributed by atoms with Crippen LogP contribution in [0.5, 0.6) is 0 Å². The molecule has 0 aromatic carbocycles. The van der Waals surface area contributed by atoms with Crippen LogP contribution in [-0.4, -0.2) is 35.5 Å². The molecule has 2 atom stereocenters. The SMILES string of the molecule is OCCCNC1CCCCC1O. The van der Waals surface area contributed by atoms with Gasteiger partial charge in [-0.3, -0.25) is 0 Å². The summed E-state index contributed by atoms with van der Waals surface area (Å²) in [6.07, 6.45) is 4.98. The summed E-state index contributed by atoms with van der Waals surface area (Å²) in [7, 11) is 0. The second kappa shape index (κ2) is 5.51. The first-order valence-corrected chi connectivity index (χ1v) is 4.87. The maximum Gasteiger partial charge on any atom is 0.0693 e. The van der Waals surface area contributed by atoms with Crippen LogP contribution in [0.25, 0.3) is 0 Å². The van der Waals surface area contributed by atoms with Crippen molar-refractivity contribution < 1.29 is 10.2 Å². The minimum absolute atomic E-state index is 0.169. The molecule has 0 radical (unpaired) electrons. The van der Waals surface area contributed by atoms with E-state index in [0.717, 1.165) is 32.2 Å². The molecule has 0 amide bonds. The molecule has 3 nitrogen and oxygen atoms in total. The first kappa shape index (κ1) is 9.96. The Hall–Kier alpha value is -0.120. The molecule has 0 aliphatic heterocycles. The molecule has 1 rings (SSSR count). The third-order valence-electron chi connectivity index (χ3n) is 2.47. The summed E-state index contributed by atoms with van der Waals surface area (Å²) in [6, 6.07) is 0.269. The van der Waals surface area contributed by atoms with E-state index < -0.39 is 0 Å². The molecule has 3 heteroatoms. The molecule has 12 heavy (non-hydrogen) atoms. The zero-order valence-corrected chi connectivity index (χ0v) is 7.50. The van der Waals surface area contributed by atoms with Crippen LogP contribution < -0.4 is 5.32 Å². The van der Waals surface area contributed by atoms with E-state index in [-0.39, 0.29) is 18.8 Å². The van der Waals surface area contributed by atoms with Crippen LogP contribution >= 0.6 is 0 Å². The van der Waals surface area contributed by atoms with Crippen molar-refractivity contribution in [2.75, 3.05) is 13.2 Å². The summed E-state index contributed by atoms with van der Waals surface area (Å²) in [5.74, 6) is 0. The zero-order chi connectivity index (χ0) is 8.81. The summed E-state index contributed by atoms with van der Waals surface area (Å²) < 4.78 is 0. The monoisotopic (exact) mass is 173 g/mol. The molecule has 2 unspecified atom stereocenters. The van der Waals surface area contributed by atoms with Crippen LogP contribution in [0, 0.1) is 0 Å². The van der Waals surface area contributed by atoms with Crippen LogP contribution in [0.3, 0.4) is 0 Å². The van der Waals surface area contributed by atoms with Crippen molar-refractivity contribution in [2.45, 2.75) is 44.2 Å². The molecule has 0 saturated heterocycles. The Morgan fingerprint density at radius 2 is 2.00 bits per heavy atom. The third kappa shape index (κ3) is 3.09. The maximum atomic E-state index is 9.54. The average molecular weight is 173 g/mol. The molecule has 0 spiro atoms. The summed E-state index contributed by atoms with van der Waals surface area (Å²) in [5.41, 5.74) is 0. The van der Waals surface area contributed by atoms with Gasteiger partial charge in [-0.15, -0.1) is 0 Å². The normalized spacial score (nSPS) is 30.5. The van der Waals surface area contributed by atoms with E-state index in [0.29, 0.717) is 0 Å². The highest BCUT2D eigenvalue weighted by Crippen LogP contribution is 2.17. The summed E-state index contributed by atoms with van der Waals surface area (Å²) in [5, 5.41) is 21.4. The Labute approximate surface area is 73.8 Å². The van der Waals surface area contributed by atoms with Crippen molar-refractivity contribution in [3.8, 4) is 0 Å². The fraction of sp³-hybridized carbons (Fsp3) is 1.00. The third-order valence-corrected chi connectivity index (χ3v) is 2.47. The number of aliphatic hydroxyl groups is 2. The van der Waals surface area contributed by atoms with Crippen molar-refractivity contribution in [3.05, 3.63) is 0 Å². The van der Waals surface area contributed by atoms with E-state index >= 15 is 0 Å². The molecule has 0 heterocycles. The number of hydrogen-bond donors (Lipinski definition) is 3. The highest BCUT2D eigenvalue weighted by Gasteiger charge is 2.21. The Bertz CT molecular complexity index is 119. The number of aliphatic hydroxyl groups excluding tert-OH is 2. The second-order valence-corrected chi connectivity index (χ2v) is 3.49. The molecule has 1 fully saturated rings. The lowest BCUT2D eigenvalue weighted by Gasteiger charge is -2.28. The lowest BCUT2D eigenvalue weighted by Crippen LogP contribution is -2.42. The maximum absolute atomic E-state index is 9.54. The smallest absolute Gasteiger partial charge is 0.0693 e. The quantitative estimate of drug-likeness (QED) is 0.535. The van der Waals surface area contributed by atoms with Gasteiger partial charge in [0, 0.05) is 12.6 Å². The van der Waals surface area contributed by atoms with Gasteiger partial charge in [0.15, 0.2) is 0 Å². The lowest BCUT2D eigenvalue weighted by atomic mass is 9.92. The molecule has 0 aromatic rings. The van der Waals surface area contributed by atoms with E-state index in [1.54, 1.807) is 0 Å². The van der Waals surface area contributed by atoms with Gasteiger partial charge in [0.05, 0.1) is 6.10 Å². The zero-order valence-electron chi connectivity index (χ0n) is 7.50. The Balaban J connectivity index is 2.11. The average Bonchev–Trinajstić information content (AvgIpc) is 2.09. The standard InChI is InChI=1S/C9H19NO2/c11-7-3-6-10-8-4-1-2-5-9(8)12/h8-12H,1-7H2. The minimum Gasteiger partial charge on any atom is -0.396 e. The predicted octanol–water partition coefficient (Wildman–Crippen LogP) is 0.262. The Morgan fingerprint density at radius 1 is 1.25 bits per heavy atom. The van der Waals surface area contributed by atoms with E-state index in [1.165, 1.54) is 6.42 Å². The van der Waals surface area contributed by atoms with Crippen LogP contribution in [-0.2, 0) is 0 Å². The second-order valence-electron chi connectivity index (χ2n) is 3.49. The van der Waals surface area contributed by atoms with Gasteiger partial charge in [-0.05, 0) is 25.8 Å². The van der Waals surface area contributed by atoms with Crippen molar-refractivity contribution >= 4 is 0 Å². The van der Waals surface area contributed by atoms with Gasteiger partial charge in [0.25, 0.3) is 0 Å². The lowest BCUT2D eigenvalue weighted by molar-refractivity contribution is 0.0901. The Morgan fingerprint density at radius 3 is 2.67 bits per heavy atom. The van der Waals surface area contributed by atoms with E-state index in [2.05, 4.69) is 5.32 Å². The highest BCUT2D eigenvalue weighted by molar-refractivity contribution is 4.79. The van der Waals surface area contributed by atoms with Gasteiger partial charge in [-0.25, -0.2) is 0 Å². The van der Waals surface area contributed by atoms with E-state index in [1.807, 2.05) is 0 Å². The number of rotatable bonds is 4. The van der Waals surface area contributed by atoms with Gasteiger partial charge in [-0.2, -0.15) is 0 Å². The summed E-state index contributed by atoms with van der Waals surface area (Å²) >= 11 is 0. The largest absolute Gasteiger partial charge is 0.396 e. The van der Waals surface area contributed by atoms with Gasteiger partial charge >= 0.3 is 0 Å². The fourth-order valence-corrected chi connectivity index (χ4v) is 1.72.